The fourth-order valence-corrected chi connectivity index (χ4v) is 9.22. The van der Waals surface area contributed by atoms with Crippen molar-refractivity contribution in [3.05, 3.63) is 189 Å². The lowest BCUT2D eigenvalue weighted by Gasteiger charge is -2.30. The minimum Gasteiger partial charge on any atom is -0.478 e. The van der Waals surface area contributed by atoms with Crippen LogP contribution in [0.3, 0.4) is 0 Å². The number of ether oxygens (including phenoxy) is 3. The zero-order valence-electron chi connectivity index (χ0n) is 43.9. The number of carbonyl (C=O) groups is 2. The van der Waals surface area contributed by atoms with E-state index in [-0.39, 0.29) is 41.8 Å². The van der Waals surface area contributed by atoms with Gasteiger partial charge in [-0.05, 0) is 166 Å². The molecule has 6 aromatic rings. The zero-order chi connectivity index (χ0) is 52.2. The summed E-state index contributed by atoms with van der Waals surface area (Å²) in [5.74, 6) is -1.62. The third-order valence-electron chi connectivity index (χ3n) is 13.5. The van der Waals surface area contributed by atoms with E-state index in [9.17, 15) is 24.2 Å². The summed E-state index contributed by atoms with van der Waals surface area (Å²) in [4.78, 5) is 26.1. The molecule has 0 aromatic heterocycles. The van der Waals surface area contributed by atoms with Gasteiger partial charge in [-0.1, -0.05) is 123 Å². The van der Waals surface area contributed by atoms with Crippen LogP contribution in [0, 0.1) is 19.7 Å². The van der Waals surface area contributed by atoms with E-state index in [2.05, 4.69) is 55.7 Å². The van der Waals surface area contributed by atoms with E-state index < -0.39 is 30.3 Å². The van der Waals surface area contributed by atoms with Crippen LogP contribution in [0.1, 0.15) is 133 Å². The maximum absolute atomic E-state index is 14.4. The number of nitrogens with one attached hydrogen (secondary N) is 2. The summed E-state index contributed by atoms with van der Waals surface area (Å²) in [7, 11) is 0. The molecule has 2 unspecified atom stereocenters. The Kier molecular flexibility index (Phi) is 19.3. The number of β-amino-alcohol motifs (C(OH)–C–C–N with tert-alkyl or cyclic N) is 1. The predicted molar refractivity (Wildman–Crippen MR) is 287 cm³/mol. The fraction of sp³-hybridized carbons (Fsp3) is 0.387. The third kappa shape index (κ3) is 15.3. The summed E-state index contributed by atoms with van der Waals surface area (Å²) in [6, 6.07) is 41.1. The molecule has 382 valence electrons. The number of rotatable bonds is 25. The molecule has 0 radical (unpaired) electrons. The Morgan fingerprint density at radius 1 is 0.611 bits per heavy atom. The topological polar surface area (TPSA) is 126 Å². The molecule has 0 saturated carbocycles. The van der Waals surface area contributed by atoms with Crippen LogP contribution < -0.4 is 10.6 Å². The van der Waals surface area contributed by atoms with E-state index >= 15 is 0 Å². The average molecular weight is 979 g/mol. The van der Waals surface area contributed by atoms with Gasteiger partial charge in [-0.2, -0.15) is 0 Å². The van der Waals surface area contributed by atoms with Gasteiger partial charge in [0.25, 0.3) is 0 Å². The molecule has 0 heterocycles. The van der Waals surface area contributed by atoms with E-state index in [4.69, 9.17) is 14.2 Å². The van der Waals surface area contributed by atoms with Gasteiger partial charge in [0.15, 0.2) is 0 Å². The number of aryl methyl sites for hydroxylation is 4. The minimum atomic E-state index is -0.964. The van der Waals surface area contributed by atoms with Gasteiger partial charge >= 0.3 is 11.9 Å². The molecule has 0 fully saturated rings. The second kappa shape index (κ2) is 25.1. The summed E-state index contributed by atoms with van der Waals surface area (Å²) < 4.78 is 33.5. The van der Waals surface area contributed by atoms with Crippen molar-refractivity contribution in [2.75, 3.05) is 26.3 Å². The Morgan fingerprint density at radius 2 is 1.14 bits per heavy atom. The second-order valence-corrected chi connectivity index (χ2v) is 20.5. The highest BCUT2D eigenvalue weighted by Gasteiger charge is 2.27. The first-order chi connectivity index (χ1) is 34.3. The van der Waals surface area contributed by atoms with Crippen LogP contribution in [0.4, 0.5) is 4.39 Å². The maximum atomic E-state index is 14.4. The molecular weight excluding hydrogens is 904 g/mol. The van der Waals surface area contributed by atoms with Crippen molar-refractivity contribution in [3.63, 3.8) is 0 Å². The predicted octanol–water partition coefficient (Wildman–Crippen LogP) is 12.6. The van der Waals surface area contributed by atoms with Crippen molar-refractivity contribution in [2.24, 2.45) is 0 Å². The van der Waals surface area contributed by atoms with E-state index in [0.717, 1.165) is 57.3 Å². The molecule has 72 heavy (non-hydrogen) atoms. The molecule has 0 spiro atoms. The molecule has 0 saturated heterocycles. The van der Waals surface area contributed by atoms with Gasteiger partial charge in [0.05, 0.1) is 42.7 Å². The number of carboxylic acid groups (broad SMARTS) is 1. The largest absolute Gasteiger partial charge is 0.478 e. The normalized spacial score (nSPS) is 13.6. The Labute approximate surface area is 427 Å². The lowest BCUT2D eigenvalue weighted by atomic mass is 9.93. The van der Waals surface area contributed by atoms with Crippen molar-refractivity contribution < 1.29 is 38.4 Å². The van der Waals surface area contributed by atoms with Gasteiger partial charge in [0.2, 0.25) is 0 Å². The number of esters is 1. The standard InChI is InChI=1S/C62H75FN2O7/c1-11-44-23-25-45(26-24-44)34-61(7,8)65-37-51(39-71-43(6)54-18-13-15-19-55(54)48-27-29-52(59(67)68)41(4)31-48)72-60(69)57-30-28-49(33-47(57)12-2)56-20-16-14-17-53(56)42(5)70-38-50(66)36-64-62(9,10)35-46-22-21-40(3)58(63)32-46/h13-33,42-43,50-51,64-66H,11-12,34-39H2,1-10H3,(H,67,68)/t42?,43?,50-,51-/m1/s1. The average Bonchev–Trinajstić information content (AvgIpc) is 3.36. The lowest BCUT2D eigenvalue weighted by Crippen LogP contribution is -2.47. The molecule has 9 nitrogen and oxygen atoms in total. The SMILES string of the molecule is CCc1ccc(CC(C)(C)NC[C@H](COC(C)c2ccccc2-c2ccc(C(=O)O)c(C)c2)OC(=O)c2ccc(-c3ccccc3C(C)OC[C@H](O)CNC(C)(C)Cc3ccc(C)c(F)c3)cc2CC)cc1. The van der Waals surface area contributed by atoms with Gasteiger partial charge in [-0.3, -0.25) is 0 Å². The van der Waals surface area contributed by atoms with Crippen LogP contribution in [-0.4, -0.2) is 71.7 Å². The van der Waals surface area contributed by atoms with Crippen LogP contribution in [0.15, 0.2) is 127 Å². The van der Waals surface area contributed by atoms with E-state index in [1.165, 1.54) is 11.1 Å². The Hall–Kier alpha value is -6.01. The molecule has 4 N–H and O–H groups in total. The number of aliphatic hydroxyl groups is 1. The summed E-state index contributed by atoms with van der Waals surface area (Å²) in [5, 5.41) is 27.7. The number of halogens is 1. The first-order valence-corrected chi connectivity index (χ1v) is 25.4. The van der Waals surface area contributed by atoms with E-state index in [1.807, 2.05) is 120 Å². The molecule has 0 bridgehead atoms. The highest BCUT2D eigenvalue weighted by atomic mass is 19.1. The molecule has 0 aliphatic heterocycles. The molecule has 4 atom stereocenters. The van der Waals surface area contributed by atoms with Gasteiger partial charge in [-0.15, -0.1) is 0 Å². The summed E-state index contributed by atoms with van der Waals surface area (Å²) in [5.41, 5.74) is 11.1. The number of hydrogen-bond acceptors (Lipinski definition) is 8. The smallest absolute Gasteiger partial charge is 0.338 e. The molecule has 0 amide bonds. The second-order valence-electron chi connectivity index (χ2n) is 20.5. The number of benzene rings is 6. The Morgan fingerprint density at radius 3 is 1.71 bits per heavy atom. The summed E-state index contributed by atoms with van der Waals surface area (Å²) >= 11 is 0. The maximum Gasteiger partial charge on any atom is 0.338 e. The molecule has 0 aliphatic carbocycles. The van der Waals surface area contributed by atoms with Gasteiger partial charge in [-0.25, -0.2) is 14.0 Å². The Bertz CT molecular complexity index is 2770. The van der Waals surface area contributed by atoms with Gasteiger partial charge in [0, 0.05) is 24.2 Å². The van der Waals surface area contributed by atoms with Crippen LogP contribution in [0.25, 0.3) is 22.3 Å². The highest BCUT2D eigenvalue weighted by molar-refractivity contribution is 5.92. The lowest BCUT2D eigenvalue weighted by molar-refractivity contribution is -0.0259. The van der Waals surface area contributed by atoms with Crippen LogP contribution in [0.2, 0.25) is 0 Å². The third-order valence-corrected chi connectivity index (χ3v) is 13.5. The van der Waals surface area contributed by atoms with Crippen LogP contribution in [0.5, 0.6) is 0 Å². The summed E-state index contributed by atoms with van der Waals surface area (Å²) in [6.45, 7) is 20.9. The number of aromatic carboxylic acids is 1. The summed E-state index contributed by atoms with van der Waals surface area (Å²) in [6.07, 6.45) is 0.774. The quantitative estimate of drug-likeness (QED) is 0.0415. The van der Waals surface area contributed by atoms with Crippen LogP contribution in [-0.2, 0) is 39.9 Å². The molecule has 6 rings (SSSR count). The van der Waals surface area contributed by atoms with Crippen LogP contribution >= 0.6 is 0 Å². The monoisotopic (exact) mass is 979 g/mol. The van der Waals surface area contributed by atoms with E-state index in [1.54, 1.807) is 32.0 Å². The first-order valence-electron chi connectivity index (χ1n) is 25.4. The molecule has 6 aromatic carbocycles. The molecule has 10 heteroatoms. The van der Waals surface area contributed by atoms with Crippen molar-refractivity contribution in [1.82, 2.24) is 10.6 Å². The van der Waals surface area contributed by atoms with E-state index in [0.29, 0.717) is 42.6 Å². The minimum absolute atomic E-state index is 0.110. The van der Waals surface area contributed by atoms with Crippen molar-refractivity contribution in [2.45, 2.75) is 130 Å². The highest BCUT2D eigenvalue weighted by Crippen LogP contribution is 2.34. The molecule has 0 aliphatic rings. The van der Waals surface area contributed by atoms with Crippen molar-refractivity contribution >= 4 is 11.9 Å². The Balaban J connectivity index is 1.15. The van der Waals surface area contributed by atoms with Crippen molar-refractivity contribution in [1.29, 1.82) is 0 Å². The van der Waals surface area contributed by atoms with Gasteiger partial charge in [0.1, 0.15) is 11.9 Å². The fourth-order valence-electron chi connectivity index (χ4n) is 9.22. The first kappa shape index (κ1) is 55.3. The van der Waals surface area contributed by atoms with Crippen molar-refractivity contribution in [3.8, 4) is 22.3 Å². The molecular formula is C62H75FN2O7. The number of carbonyl (C=O) groups excluding carboxylic acids is 1. The van der Waals surface area contributed by atoms with Gasteiger partial charge < -0.3 is 35.1 Å². The number of hydrogen-bond donors (Lipinski definition) is 4. The number of carboxylic acids is 1. The number of aliphatic hydroxyl groups excluding tert-OH is 1. The zero-order valence-corrected chi connectivity index (χ0v) is 43.9.